The predicted octanol–water partition coefficient (Wildman–Crippen LogP) is 0.391. The fourth-order valence-electron chi connectivity index (χ4n) is 2.42. The van der Waals surface area contributed by atoms with Crippen LogP contribution < -0.4 is 4.74 Å². The Bertz CT molecular complexity index is 714. The van der Waals surface area contributed by atoms with Crippen LogP contribution in [0.1, 0.15) is 13.8 Å². The van der Waals surface area contributed by atoms with Crippen LogP contribution in [-0.2, 0) is 19.6 Å². The standard InChI is InChI=1S/C15H20N2O6S/c1-11(2)17-8-7-16(9-14(17)18)24(21,22)13-5-3-12(4-6-13)23-10-15(19)20/h3-6,11H,7-10H2,1-2H3,(H,19,20). The molecule has 1 aromatic carbocycles. The van der Waals surface area contributed by atoms with E-state index >= 15 is 0 Å². The van der Waals surface area contributed by atoms with Gasteiger partial charge in [0.1, 0.15) is 5.75 Å². The van der Waals surface area contributed by atoms with E-state index in [1.54, 1.807) is 4.90 Å². The molecule has 0 spiro atoms. The number of carbonyl (C=O) groups excluding carboxylic acids is 1. The third-order valence-electron chi connectivity index (χ3n) is 3.67. The highest BCUT2D eigenvalue weighted by Crippen LogP contribution is 2.21. The number of sulfonamides is 1. The van der Waals surface area contributed by atoms with Crippen molar-refractivity contribution in [2.24, 2.45) is 0 Å². The van der Waals surface area contributed by atoms with E-state index in [9.17, 15) is 18.0 Å². The van der Waals surface area contributed by atoms with Gasteiger partial charge in [-0.05, 0) is 38.1 Å². The Hall–Kier alpha value is -2.13. The summed E-state index contributed by atoms with van der Waals surface area (Å²) in [5.41, 5.74) is 0. The number of carboxylic acid groups (broad SMARTS) is 1. The normalized spacial score (nSPS) is 16.5. The molecule has 2 rings (SSSR count). The van der Waals surface area contributed by atoms with Crippen molar-refractivity contribution in [3.05, 3.63) is 24.3 Å². The Morgan fingerprint density at radius 3 is 2.38 bits per heavy atom. The van der Waals surface area contributed by atoms with Crippen LogP contribution in [0, 0.1) is 0 Å². The summed E-state index contributed by atoms with van der Waals surface area (Å²) in [6, 6.07) is 5.50. The van der Waals surface area contributed by atoms with Crippen LogP contribution in [0.15, 0.2) is 29.2 Å². The molecule has 0 aliphatic carbocycles. The van der Waals surface area contributed by atoms with Crippen molar-refractivity contribution in [3.63, 3.8) is 0 Å². The Morgan fingerprint density at radius 2 is 1.88 bits per heavy atom. The maximum atomic E-state index is 12.6. The second-order valence-electron chi connectivity index (χ2n) is 5.67. The van der Waals surface area contributed by atoms with Gasteiger partial charge < -0.3 is 14.7 Å². The summed E-state index contributed by atoms with van der Waals surface area (Å²) in [5.74, 6) is -1.08. The molecule has 0 bridgehead atoms. The van der Waals surface area contributed by atoms with E-state index in [2.05, 4.69) is 0 Å². The lowest BCUT2D eigenvalue weighted by atomic mass is 10.2. The molecule has 24 heavy (non-hydrogen) atoms. The molecule has 0 atom stereocenters. The van der Waals surface area contributed by atoms with Gasteiger partial charge in [-0.15, -0.1) is 0 Å². The van der Waals surface area contributed by atoms with E-state index in [1.165, 1.54) is 24.3 Å². The SMILES string of the molecule is CC(C)N1CCN(S(=O)(=O)c2ccc(OCC(=O)O)cc2)CC1=O. The summed E-state index contributed by atoms with van der Waals surface area (Å²) in [7, 11) is -3.78. The van der Waals surface area contributed by atoms with Gasteiger partial charge in [0.15, 0.2) is 6.61 Å². The highest BCUT2D eigenvalue weighted by atomic mass is 32.2. The van der Waals surface area contributed by atoms with Gasteiger partial charge in [-0.3, -0.25) is 4.79 Å². The minimum atomic E-state index is -3.78. The van der Waals surface area contributed by atoms with Crippen LogP contribution in [0.25, 0.3) is 0 Å². The third kappa shape index (κ3) is 4.04. The van der Waals surface area contributed by atoms with Crippen LogP contribution in [0.4, 0.5) is 0 Å². The zero-order valence-electron chi connectivity index (χ0n) is 13.5. The molecular formula is C15H20N2O6S. The Labute approximate surface area is 140 Å². The Kier molecular flexibility index (Phi) is 5.45. The van der Waals surface area contributed by atoms with Gasteiger partial charge in [0, 0.05) is 19.1 Å². The molecule has 0 unspecified atom stereocenters. The summed E-state index contributed by atoms with van der Waals surface area (Å²) >= 11 is 0. The minimum Gasteiger partial charge on any atom is -0.482 e. The largest absolute Gasteiger partial charge is 0.482 e. The fraction of sp³-hybridized carbons (Fsp3) is 0.467. The molecule has 1 amide bonds. The first-order chi connectivity index (χ1) is 11.2. The van der Waals surface area contributed by atoms with E-state index < -0.39 is 22.6 Å². The topological polar surface area (TPSA) is 104 Å². The van der Waals surface area contributed by atoms with E-state index in [1.807, 2.05) is 13.8 Å². The Balaban J connectivity index is 2.10. The molecule has 1 aliphatic heterocycles. The smallest absolute Gasteiger partial charge is 0.341 e. The summed E-state index contributed by atoms with van der Waals surface area (Å²) in [5, 5.41) is 8.55. The molecule has 1 saturated heterocycles. The molecule has 1 heterocycles. The third-order valence-corrected chi connectivity index (χ3v) is 5.53. The molecule has 132 valence electrons. The van der Waals surface area contributed by atoms with Gasteiger partial charge in [0.25, 0.3) is 0 Å². The molecule has 1 aliphatic rings. The minimum absolute atomic E-state index is 0.0352. The second-order valence-corrected chi connectivity index (χ2v) is 7.61. The predicted molar refractivity (Wildman–Crippen MR) is 85.2 cm³/mol. The van der Waals surface area contributed by atoms with E-state index in [0.29, 0.717) is 6.54 Å². The van der Waals surface area contributed by atoms with Crippen molar-refractivity contribution >= 4 is 21.9 Å². The Morgan fingerprint density at radius 1 is 1.25 bits per heavy atom. The fourth-order valence-corrected chi connectivity index (χ4v) is 3.80. The number of hydrogen-bond acceptors (Lipinski definition) is 5. The van der Waals surface area contributed by atoms with E-state index in [0.717, 1.165) is 4.31 Å². The van der Waals surface area contributed by atoms with Crippen molar-refractivity contribution in [2.45, 2.75) is 24.8 Å². The van der Waals surface area contributed by atoms with Gasteiger partial charge in [0.2, 0.25) is 15.9 Å². The van der Waals surface area contributed by atoms with Crippen molar-refractivity contribution in [3.8, 4) is 5.75 Å². The van der Waals surface area contributed by atoms with Gasteiger partial charge in [-0.1, -0.05) is 0 Å². The quantitative estimate of drug-likeness (QED) is 0.791. The van der Waals surface area contributed by atoms with Crippen LogP contribution in [-0.4, -0.2) is 66.9 Å². The van der Waals surface area contributed by atoms with E-state index in [4.69, 9.17) is 9.84 Å². The molecule has 0 saturated carbocycles. The lowest BCUT2D eigenvalue weighted by molar-refractivity contribution is -0.139. The zero-order valence-corrected chi connectivity index (χ0v) is 14.3. The van der Waals surface area contributed by atoms with Crippen LogP contribution in [0.5, 0.6) is 5.75 Å². The monoisotopic (exact) mass is 356 g/mol. The number of ether oxygens (including phenoxy) is 1. The first-order valence-corrected chi connectivity index (χ1v) is 8.90. The molecule has 0 aromatic heterocycles. The molecule has 0 radical (unpaired) electrons. The number of benzene rings is 1. The van der Waals surface area contributed by atoms with Gasteiger partial charge in [-0.2, -0.15) is 4.31 Å². The van der Waals surface area contributed by atoms with E-state index in [-0.39, 0.29) is 35.7 Å². The number of nitrogens with zero attached hydrogens (tertiary/aromatic N) is 2. The maximum Gasteiger partial charge on any atom is 0.341 e. The van der Waals surface area contributed by atoms with Crippen molar-refractivity contribution in [1.82, 2.24) is 9.21 Å². The average Bonchev–Trinajstić information content (AvgIpc) is 2.52. The van der Waals surface area contributed by atoms with Gasteiger partial charge in [-0.25, -0.2) is 13.2 Å². The maximum absolute atomic E-state index is 12.6. The highest BCUT2D eigenvalue weighted by molar-refractivity contribution is 7.89. The molecule has 9 heteroatoms. The van der Waals surface area contributed by atoms with Crippen LogP contribution in [0.3, 0.4) is 0 Å². The van der Waals surface area contributed by atoms with Crippen LogP contribution in [0.2, 0.25) is 0 Å². The number of carboxylic acids is 1. The number of rotatable bonds is 6. The molecule has 1 aromatic rings. The van der Waals surface area contributed by atoms with Gasteiger partial charge >= 0.3 is 5.97 Å². The summed E-state index contributed by atoms with van der Waals surface area (Å²) < 4.78 is 31.3. The molecule has 8 nitrogen and oxygen atoms in total. The summed E-state index contributed by atoms with van der Waals surface area (Å²) in [6.45, 7) is 3.68. The lowest BCUT2D eigenvalue weighted by Gasteiger charge is -2.35. The number of hydrogen-bond donors (Lipinski definition) is 1. The molecule has 1 fully saturated rings. The first-order valence-electron chi connectivity index (χ1n) is 7.46. The number of aliphatic carboxylic acids is 1. The zero-order chi connectivity index (χ0) is 17.9. The lowest BCUT2D eigenvalue weighted by Crippen LogP contribution is -2.54. The van der Waals surface area contributed by atoms with Crippen LogP contribution >= 0.6 is 0 Å². The first kappa shape index (κ1) is 18.2. The summed E-state index contributed by atoms with van der Waals surface area (Å²) in [6.07, 6.45) is 0. The van der Waals surface area contributed by atoms with Gasteiger partial charge in [0.05, 0.1) is 11.4 Å². The number of carbonyl (C=O) groups is 2. The summed E-state index contributed by atoms with van der Waals surface area (Å²) in [4.78, 5) is 24.2. The second kappa shape index (κ2) is 7.18. The molecule has 1 N–H and O–H groups in total. The highest BCUT2D eigenvalue weighted by Gasteiger charge is 2.33. The van der Waals surface area contributed by atoms with Crippen molar-refractivity contribution in [1.29, 1.82) is 0 Å². The average molecular weight is 356 g/mol. The van der Waals surface area contributed by atoms with Crippen molar-refractivity contribution in [2.75, 3.05) is 26.2 Å². The van der Waals surface area contributed by atoms with Crippen molar-refractivity contribution < 1.29 is 27.9 Å². The number of piperazine rings is 1. The molecular weight excluding hydrogens is 336 g/mol. The number of amides is 1.